The first-order valence-electron chi connectivity index (χ1n) is 5.44. The van der Waals surface area contributed by atoms with Crippen LogP contribution in [0.1, 0.15) is 51.3 Å². The molecule has 1 aromatic rings. The van der Waals surface area contributed by atoms with Crippen molar-refractivity contribution in [1.82, 2.24) is 9.78 Å². The summed E-state index contributed by atoms with van der Waals surface area (Å²) in [6.45, 7) is 6.59. The molecule has 2 rings (SSSR count). The molecular formula is C11H19N3. The lowest BCUT2D eigenvalue weighted by Crippen LogP contribution is -2.13. The summed E-state index contributed by atoms with van der Waals surface area (Å²) < 4.78 is 2.12. The van der Waals surface area contributed by atoms with Crippen LogP contribution in [0.4, 0.5) is 5.69 Å². The molecule has 0 spiro atoms. The van der Waals surface area contributed by atoms with Crippen LogP contribution in [0.2, 0.25) is 0 Å². The number of hydrogen-bond donors (Lipinski definition) is 1. The van der Waals surface area contributed by atoms with Crippen molar-refractivity contribution >= 4 is 5.69 Å². The van der Waals surface area contributed by atoms with E-state index in [1.807, 2.05) is 0 Å². The van der Waals surface area contributed by atoms with Crippen molar-refractivity contribution < 1.29 is 0 Å². The van der Waals surface area contributed by atoms with E-state index in [-0.39, 0.29) is 0 Å². The minimum atomic E-state index is 0.457. The molecule has 1 heterocycles. The predicted molar refractivity (Wildman–Crippen MR) is 58.2 cm³/mol. The van der Waals surface area contributed by atoms with E-state index in [1.165, 1.54) is 18.5 Å². The van der Waals surface area contributed by atoms with Gasteiger partial charge in [0.2, 0.25) is 0 Å². The third kappa shape index (κ3) is 1.51. The maximum atomic E-state index is 5.92. The third-order valence-electron chi connectivity index (χ3n) is 3.10. The second kappa shape index (κ2) is 3.30. The van der Waals surface area contributed by atoms with Gasteiger partial charge in [0.15, 0.2) is 0 Å². The summed E-state index contributed by atoms with van der Waals surface area (Å²) >= 11 is 0. The van der Waals surface area contributed by atoms with Crippen molar-refractivity contribution in [3.63, 3.8) is 0 Å². The van der Waals surface area contributed by atoms with Crippen LogP contribution >= 0.6 is 0 Å². The van der Waals surface area contributed by atoms with Crippen LogP contribution in [0, 0.1) is 5.92 Å². The third-order valence-corrected chi connectivity index (χ3v) is 3.10. The Bertz CT molecular complexity index is 323. The van der Waals surface area contributed by atoms with Gasteiger partial charge in [-0.2, -0.15) is 5.10 Å². The molecule has 3 nitrogen and oxygen atoms in total. The Morgan fingerprint density at radius 2 is 2.07 bits per heavy atom. The highest BCUT2D eigenvalue weighted by Crippen LogP contribution is 2.40. The van der Waals surface area contributed by atoms with Crippen LogP contribution in [0.25, 0.3) is 0 Å². The predicted octanol–water partition coefficient (Wildman–Crippen LogP) is 2.56. The van der Waals surface area contributed by atoms with Gasteiger partial charge in [-0.25, -0.2) is 0 Å². The molecule has 1 aromatic heterocycles. The Morgan fingerprint density at radius 1 is 1.43 bits per heavy atom. The normalized spacial score (nSPS) is 18.9. The summed E-state index contributed by atoms with van der Waals surface area (Å²) in [6.07, 6.45) is 4.48. The summed E-state index contributed by atoms with van der Waals surface area (Å²) in [6, 6.07) is 0.518. The van der Waals surface area contributed by atoms with E-state index in [9.17, 15) is 0 Å². The fourth-order valence-corrected chi connectivity index (χ4v) is 2.09. The molecule has 1 saturated carbocycles. The molecular weight excluding hydrogens is 174 g/mol. The average molecular weight is 193 g/mol. The maximum Gasteiger partial charge on any atom is 0.0735 e. The monoisotopic (exact) mass is 193 g/mol. The molecule has 78 valence electrons. The Kier molecular flexibility index (Phi) is 2.25. The van der Waals surface area contributed by atoms with E-state index in [4.69, 9.17) is 5.73 Å². The van der Waals surface area contributed by atoms with Gasteiger partial charge in [0.1, 0.15) is 0 Å². The average Bonchev–Trinajstić information content (AvgIpc) is 2.88. The van der Waals surface area contributed by atoms with Crippen LogP contribution in [0.3, 0.4) is 0 Å². The molecule has 0 saturated heterocycles. The Morgan fingerprint density at radius 3 is 2.57 bits per heavy atom. The Labute approximate surface area is 85.3 Å². The number of aromatic nitrogens is 2. The lowest BCUT2D eigenvalue weighted by molar-refractivity contribution is 0.419. The molecule has 14 heavy (non-hydrogen) atoms. The number of nitrogen functional groups attached to an aromatic ring is 1. The second-order valence-electron chi connectivity index (χ2n) is 4.66. The highest BCUT2D eigenvalue weighted by Gasteiger charge is 2.31. The van der Waals surface area contributed by atoms with Crippen molar-refractivity contribution in [2.75, 3.05) is 5.73 Å². The molecule has 1 aliphatic carbocycles. The van der Waals surface area contributed by atoms with Crippen LogP contribution < -0.4 is 5.73 Å². The number of anilines is 1. The quantitative estimate of drug-likeness (QED) is 0.801. The van der Waals surface area contributed by atoms with Gasteiger partial charge in [-0.15, -0.1) is 0 Å². The lowest BCUT2D eigenvalue weighted by Gasteiger charge is -2.17. The van der Waals surface area contributed by atoms with Crippen molar-refractivity contribution in [2.45, 2.75) is 45.6 Å². The van der Waals surface area contributed by atoms with Gasteiger partial charge >= 0.3 is 0 Å². The topological polar surface area (TPSA) is 43.8 Å². The summed E-state index contributed by atoms with van der Waals surface area (Å²) in [4.78, 5) is 0. The zero-order valence-electron chi connectivity index (χ0n) is 9.20. The van der Waals surface area contributed by atoms with E-state index in [1.54, 1.807) is 6.20 Å². The molecule has 0 aromatic carbocycles. The summed E-state index contributed by atoms with van der Waals surface area (Å²) in [5.41, 5.74) is 7.96. The fourth-order valence-electron chi connectivity index (χ4n) is 2.09. The highest BCUT2D eigenvalue weighted by molar-refractivity contribution is 5.42. The number of hydrogen-bond acceptors (Lipinski definition) is 2. The van der Waals surface area contributed by atoms with E-state index in [0.29, 0.717) is 12.0 Å². The Hall–Kier alpha value is -0.990. The van der Waals surface area contributed by atoms with Gasteiger partial charge in [0.25, 0.3) is 0 Å². The molecule has 2 N–H and O–H groups in total. The fraction of sp³-hybridized carbons (Fsp3) is 0.727. The number of nitrogens with two attached hydrogens (primary N) is 1. The first-order chi connectivity index (χ1) is 6.61. The Balaban J connectivity index is 2.31. The SMILES string of the molecule is CC(C)c1c(N)cnn1C(C)C1CC1. The molecule has 1 atom stereocenters. The summed E-state index contributed by atoms with van der Waals surface area (Å²) in [7, 11) is 0. The molecule has 0 radical (unpaired) electrons. The zero-order chi connectivity index (χ0) is 10.3. The van der Waals surface area contributed by atoms with Crippen LogP contribution in [-0.2, 0) is 0 Å². The van der Waals surface area contributed by atoms with Gasteiger partial charge < -0.3 is 5.73 Å². The van der Waals surface area contributed by atoms with Gasteiger partial charge in [-0.1, -0.05) is 13.8 Å². The molecule has 1 aliphatic rings. The largest absolute Gasteiger partial charge is 0.396 e. The smallest absolute Gasteiger partial charge is 0.0735 e. The first-order valence-corrected chi connectivity index (χ1v) is 5.44. The van der Waals surface area contributed by atoms with Crippen molar-refractivity contribution in [2.24, 2.45) is 5.92 Å². The van der Waals surface area contributed by atoms with Gasteiger partial charge in [-0.3, -0.25) is 4.68 Å². The molecule has 1 unspecified atom stereocenters. The zero-order valence-corrected chi connectivity index (χ0v) is 9.20. The number of rotatable bonds is 3. The van der Waals surface area contributed by atoms with E-state index >= 15 is 0 Å². The van der Waals surface area contributed by atoms with Gasteiger partial charge in [0.05, 0.1) is 23.6 Å². The van der Waals surface area contributed by atoms with Crippen molar-refractivity contribution in [3.05, 3.63) is 11.9 Å². The van der Waals surface area contributed by atoms with Crippen LogP contribution in [-0.4, -0.2) is 9.78 Å². The summed E-state index contributed by atoms with van der Waals surface area (Å²) in [5, 5.41) is 4.39. The van der Waals surface area contributed by atoms with E-state index in [0.717, 1.165) is 11.6 Å². The lowest BCUT2D eigenvalue weighted by atomic mass is 10.1. The maximum absolute atomic E-state index is 5.92. The van der Waals surface area contributed by atoms with Crippen LogP contribution in [0.15, 0.2) is 6.20 Å². The van der Waals surface area contributed by atoms with Crippen molar-refractivity contribution in [1.29, 1.82) is 0 Å². The first kappa shape index (κ1) is 9.56. The second-order valence-corrected chi connectivity index (χ2v) is 4.66. The molecule has 0 aliphatic heterocycles. The van der Waals surface area contributed by atoms with E-state index < -0.39 is 0 Å². The van der Waals surface area contributed by atoms with Gasteiger partial charge in [-0.05, 0) is 31.6 Å². The minimum absolute atomic E-state index is 0.457. The summed E-state index contributed by atoms with van der Waals surface area (Å²) in [5.74, 6) is 1.28. The number of nitrogens with zero attached hydrogens (tertiary/aromatic N) is 2. The molecule has 3 heteroatoms. The standard InChI is InChI=1S/C11H19N3/c1-7(2)11-10(12)6-13-14(11)8(3)9-4-5-9/h6-9H,4-5,12H2,1-3H3. The van der Waals surface area contributed by atoms with Gasteiger partial charge in [0, 0.05) is 0 Å². The molecule has 0 bridgehead atoms. The molecule has 0 amide bonds. The van der Waals surface area contributed by atoms with E-state index in [2.05, 4.69) is 30.6 Å². The van der Waals surface area contributed by atoms with Crippen molar-refractivity contribution in [3.8, 4) is 0 Å². The highest BCUT2D eigenvalue weighted by atomic mass is 15.3. The molecule has 1 fully saturated rings. The minimum Gasteiger partial charge on any atom is -0.396 e. The van der Waals surface area contributed by atoms with Crippen LogP contribution in [0.5, 0.6) is 0 Å².